The van der Waals surface area contributed by atoms with Crippen molar-refractivity contribution in [1.29, 1.82) is 0 Å². The van der Waals surface area contributed by atoms with E-state index in [0.29, 0.717) is 18.8 Å². The lowest BCUT2D eigenvalue weighted by Crippen LogP contribution is -2.35. The first-order chi connectivity index (χ1) is 13.8. The fourth-order valence-electron chi connectivity index (χ4n) is 3.45. The molecule has 3 rings (SSSR count). The highest BCUT2D eigenvalue weighted by atomic mass is 32.2. The zero-order valence-corrected chi connectivity index (χ0v) is 18.1. The smallest absolute Gasteiger partial charge is 0.246 e. The summed E-state index contributed by atoms with van der Waals surface area (Å²) in [6.45, 7) is 6.92. The number of piperidine rings is 1. The normalized spacial score (nSPS) is 16.2. The van der Waals surface area contributed by atoms with Gasteiger partial charge in [0.1, 0.15) is 6.04 Å². The number of benzene rings is 2. The molecule has 156 valence electrons. The Bertz CT molecular complexity index is 983. The molecule has 0 saturated carbocycles. The van der Waals surface area contributed by atoms with Crippen LogP contribution >= 0.6 is 0 Å². The lowest BCUT2D eigenvalue weighted by atomic mass is 10.1. The topological polar surface area (TPSA) is 78.5 Å². The summed E-state index contributed by atoms with van der Waals surface area (Å²) in [6.07, 6.45) is 2.84. The molecule has 1 aliphatic rings. The summed E-state index contributed by atoms with van der Waals surface area (Å²) in [6, 6.07) is 11.9. The summed E-state index contributed by atoms with van der Waals surface area (Å²) in [5.41, 5.74) is 3.64. The van der Waals surface area contributed by atoms with E-state index in [4.69, 9.17) is 0 Å². The van der Waals surface area contributed by atoms with E-state index in [0.717, 1.165) is 36.1 Å². The third-order valence-electron chi connectivity index (χ3n) is 5.42. The van der Waals surface area contributed by atoms with Gasteiger partial charge in [0.25, 0.3) is 0 Å². The number of hydrogen-bond donors (Lipinski definition) is 2. The summed E-state index contributed by atoms with van der Waals surface area (Å²) >= 11 is 0. The number of anilines is 2. The predicted octanol–water partition coefficient (Wildman–Crippen LogP) is 3.92. The van der Waals surface area contributed by atoms with Crippen molar-refractivity contribution in [2.24, 2.45) is 0 Å². The minimum Gasteiger partial charge on any atom is -0.374 e. The van der Waals surface area contributed by atoms with Gasteiger partial charge in [0.05, 0.1) is 4.90 Å². The highest BCUT2D eigenvalue weighted by molar-refractivity contribution is 7.89. The first kappa shape index (κ1) is 21.3. The van der Waals surface area contributed by atoms with Gasteiger partial charge in [-0.3, -0.25) is 4.79 Å². The lowest BCUT2D eigenvalue weighted by molar-refractivity contribution is -0.116. The number of sulfonamides is 1. The van der Waals surface area contributed by atoms with E-state index in [2.05, 4.69) is 10.6 Å². The standard InChI is InChI=1S/C22H29N3O3S/c1-16-9-7-12-21(17(16)2)23-18(3)22(26)24-19-10-8-11-20(15-19)29(27,28)25-13-5-4-6-14-25/h7-12,15,18,23H,4-6,13-14H2,1-3H3,(H,24,26). The molecule has 0 spiro atoms. The molecule has 0 radical (unpaired) electrons. The quantitative estimate of drug-likeness (QED) is 0.750. The van der Waals surface area contributed by atoms with Crippen LogP contribution in [0.15, 0.2) is 47.4 Å². The Morgan fingerprint density at radius 3 is 2.45 bits per heavy atom. The third kappa shape index (κ3) is 4.97. The van der Waals surface area contributed by atoms with Crippen LogP contribution < -0.4 is 10.6 Å². The number of carbonyl (C=O) groups excluding carboxylic acids is 1. The van der Waals surface area contributed by atoms with Crippen molar-refractivity contribution < 1.29 is 13.2 Å². The molecule has 0 aliphatic carbocycles. The maximum atomic E-state index is 12.9. The van der Waals surface area contributed by atoms with E-state index in [1.54, 1.807) is 25.1 Å². The van der Waals surface area contributed by atoms with Crippen LogP contribution in [0.25, 0.3) is 0 Å². The molecule has 1 saturated heterocycles. The molecule has 0 aromatic heterocycles. The Labute approximate surface area is 173 Å². The summed E-state index contributed by atoms with van der Waals surface area (Å²) in [5.74, 6) is -0.224. The fraction of sp³-hybridized carbons (Fsp3) is 0.409. The van der Waals surface area contributed by atoms with Crippen LogP contribution in [0.2, 0.25) is 0 Å². The molecular formula is C22H29N3O3S. The Morgan fingerprint density at radius 1 is 1.03 bits per heavy atom. The van der Waals surface area contributed by atoms with Crippen molar-refractivity contribution in [1.82, 2.24) is 4.31 Å². The molecule has 2 aromatic carbocycles. The van der Waals surface area contributed by atoms with Gasteiger partial charge in [0, 0.05) is 24.5 Å². The van der Waals surface area contributed by atoms with E-state index in [-0.39, 0.29) is 10.8 Å². The molecule has 1 heterocycles. The van der Waals surface area contributed by atoms with Crippen molar-refractivity contribution >= 4 is 27.3 Å². The Kier molecular flexibility index (Phi) is 6.59. The molecule has 1 atom stereocenters. The van der Waals surface area contributed by atoms with E-state index in [1.807, 2.05) is 32.0 Å². The average Bonchev–Trinajstić information content (AvgIpc) is 2.72. The Balaban J connectivity index is 1.70. The minimum absolute atomic E-state index is 0.215. The second-order valence-corrected chi connectivity index (χ2v) is 9.53. The predicted molar refractivity (Wildman–Crippen MR) is 117 cm³/mol. The van der Waals surface area contributed by atoms with E-state index < -0.39 is 16.1 Å². The van der Waals surface area contributed by atoms with Crippen molar-refractivity contribution in [2.75, 3.05) is 23.7 Å². The van der Waals surface area contributed by atoms with E-state index in [1.165, 1.54) is 10.4 Å². The van der Waals surface area contributed by atoms with Crippen LogP contribution in [0.1, 0.15) is 37.3 Å². The molecule has 1 amide bonds. The SMILES string of the molecule is Cc1cccc(NC(C)C(=O)Nc2cccc(S(=O)(=O)N3CCCCC3)c2)c1C. The van der Waals surface area contributed by atoms with Crippen LogP contribution in [0, 0.1) is 13.8 Å². The van der Waals surface area contributed by atoms with Crippen LogP contribution in [-0.2, 0) is 14.8 Å². The van der Waals surface area contributed by atoms with Crippen molar-refractivity contribution in [3.05, 3.63) is 53.6 Å². The van der Waals surface area contributed by atoms with Crippen molar-refractivity contribution in [3.63, 3.8) is 0 Å². The van der Waals surface area contributed by atoms with Gasteiger partial charge in [0.15, 0.2) is 0 Å². The van der Waals surface area contributed by atoms with Gasteiger partial charge >= 0.3 is 0 Å². The van der Waals surface area contributed by atoms with E-state index in [9.17, 15) is 13.2 Å². The van der Waals surface area contributed by atoms with Gasteiger partial charge in [0.2, 0.25) is 15.9 Å². The summed E-state index contributed by atoms with van der Waals surface area (Å²) in [5, 5.41) is 6.06. The Morgan fingerprint density at radius 2 is 1.72 bits per heavy atom. The molecule has 0 bridgehead atoms. The van der Waals surface area contributed by atoms with Crippen molar-refractivity contribution in [3.8, 4) is 0 Å². The van der Waals surface area contributed by atoms with E-state index >= 15 is 0 Å². The highest BCUT2D eigenvalue weighted by Crippen LogP contribution is 2.23. The molecule has 1 fully saturated rings. The molecule has 1 aliphatic heterocycles. The number of aryl methyl sites for hydroxylation is 1. The second-order valence-electron chi connectivity index (χ2n) is 7.60. The second kappa shape index (κ2) is 8.97. The lowest BCUT2D eigenvalue weighted by Gasteiger charge is -2.26. The summed E-state index contributed by atoms with van der Waals surface area (Å²) in [4.78, 5) is 12.9. The number of nitrogens with one attached hydrogen (secondary N) is 2. The number of carbonyl (C=O) groups is 1. The number of rotatable bonds is 6. The van der Waals surface area contributed by atoms with Gasteiger partial charge in [-0.25, -0.2) is 8.42 Å². The number of hydrogen-bond acceptors (Lipinski definition) is 4. The highest BCUT2D eigenvalue weighted by Gasteiger charge is 2.26. The maximum absolute atomic E-state index is 12.9. The molecule has 7 heteroatoms. The Hall–Kier alpha value is -2.38. The van der Waals surface area contributed by atoms with Gasteiger partial charge in [-0.2, -0.15) is 4.31 Å². The summed E-state index contributed by atoms with van der Waals surface area (Å²) in [7, 11) is -3.53. The first-order valence-electron chi connectivity index (χ1n) is 10.0. The zero-order chi connectivity index (χ0) is 21.0. The fourth-order valence-corrected chi connectivity index (χ4v) is 5.01. The van der Waals surface area contributed by atoms with Crippen LogP contribution in [0.3, 0.4) is 0 Å². The molecular weight excluding hydrogens is 386 g/mol. The molecule has 1 unspecified atom stereocenters. The number of nitrogens with zero attached hydrogens (tertiary/aromatic N) is 1. The van der Waals surface area contributed by atoms with Crippen molar-refractivity contribution in [2.45, 2.75) is 51.0 Å². The molecule has 2 aromatic rings. The largest absolute Gasteiger partial charge is 0.374 e. The zero-order valence-electron chi connectivity index (χ0n) is 17.2. The molecule has 6 nitrogen and oxygen atoms in total. The minimum atomic E-state index is -3.53. The third-order valence-corrected chi connectivity index (χ3v) is 7.32. The van der Waals surface area contributed by atoms with Crippen LogP contribution in [-0.4, -0.2) is 37.8 Å². The average molecular weight is 416 g/mol. The van der Waals surface area contributed by atoms with Gasteiger partial charge < -0.3 is 10.6 Å². The van der Waals surface area contributed by atoms with Gasteiger partial charge in [-0.1, -0.05) is 24.6 Å². The molecule has 29 heavy (non-hydrogen) atoms. The van der Waals surface area contributed by atoms with Crippen LogP contribution in [0.4, 0.5) is 11.4 Å². The van der Waals surface area contributed by atoms with Gasteiger partial charge in [-0.05, 0) is 69.0 Å². The maximum Gasteiger partial charge on any atom is 0.246 e. The van der Waals surface area contributed by atoms with Crippen LogP contribution in [0.5, 0.6) is 0 Å². The summed E-state index contributed by atoms with van der Waals surface area (Å²) < 4.78 is 27.3. The monoisotopic (exact) mass is 415 g/mol. The number of amides is 1. The first-order valence-corrected chi connectivity index (χ1v) is 11.5. The molecule has 2 N–H and O–H groups in total. The van der Waals surface area contributed by atoms with Gasteiger partial charge in [-0.15, -0.1) is 0 Å².